The monoisotopic (exact) mass is 810 g/mol. The fourth-order valence-electron chi connectivity index (χ4n) is 3.78. The number of Topliss-reactive ketones (excluding diaryl/α,β-unsaturated/α-hetero) is 2. The summed E-state index contributed by atoms with van der Waals surface area (Å²) in [6.07, 6.45) is 6.55. The molecule has 0 unspecified atom stereocenters. The van der Waals surface area contributed by atoms with E-state index in [0.29, 0.717) is 48.4 Å². The Labute approximate surface area is 308 Å². The SMILES string of the molecule is C=C(CC(=O)c1ncn(C)c1C)OCC.CC(=O)c1ncn(C)c1C.CCOC(=O)c1nc[nH]c1C.CCOC(=O)c1ncn(C)c1C.CI. The van der Waals surface area contributed by atoms with Crippen LogP contribution in [0.4, 0.5) is 0 Å². The van der Waals surface area contributed by atoms with Crippen molar-refractivity contribution in [2.45, 2.75) is 61.8 Å². The Morgan fingerprint density at radius 2 is 1.08 bits per heavy atom. The second kappa shape index (κ2) is 23.7. The number of alkyl halides is 1. The van der Waals surface area contributed by atoms with Gasteiger partial charge in [-0.25, -0.2) is 29.5 Å². The molecule has 0 radical (unpaired) electrons. The number of rotatable bonds is 10. The normalized spacial score (nSPS) is 9.62. The molecule has 0 aromatic carbocycles. The minimum absolute atomic E-state index is 0.0260. The molecule has 0 aliphatic rings. The van der Waals surface area contributed by atoms with Crippen LogP contribution in [-0.4, -0.2) is 86.9 Å². The maximum Gasteiger partial charge on any atom is 0.358 e. The van der Waals surface area contributed by atoms with Gasteiger partial charge in [0.25, 0.3) is 0 Å². The van der Waals surface area contributed by atoms with Gasteiger partial charge in [-0.05, 0) is 53.4 Å². The molecular weight excluding hydrogens is 759 g/mol. The minimum Gasteiger partial charge on any atom is -0.498 e. The molecule has 4 heterocycles. The number of esters is 2. The van der Waals surface area contributed by atoms with E-state index in [0.717, 1.165) is 22.8 Å². The van der Waals surface area contributed by atoms with Crippen LogP contribution in [0.1, 0.15) is 98.8 Å². The summed E-state index contributed by atoms with van der Waals surface area (Å²) in [6.45, 7) is 19.2. The van der Waals surface area contributed by atoms with Gasteiger partial charge >= 0.3 is 11.9 Å². The van der Waals surface area contributed by atoms with E-state index in [1.54, 1.807) is 44.3 Å². The van der Waals surface area contributed by atoms with Crippen molar-refractivity contribution >= 4 is 46.1 Å². The van der Waals surface area contributed by atoms with Crippen LogP contribution < -0.4 is 0 Å². The molecule has 15 nitrogen and oxygen atoms in total. The van der Waals surface area contributed by atoms with Crippen molar-refractivity contribution < 1.29 is 33.4 Å². The van der Waals surface area contributed by atoms with Crippen LogP contribution in [0.2, 0.25) is 0 Å². The van der Waals surface area contributed by atoms with E-state index in [1.165, 1.54) is 13.3 Å². The first-order valence-corrected chi connectivity index (χ1v) is 17.8. The molecule has 276 valence electrons. The highest BCUT2D eigenvalue weighted by molar-refractivity contribution is 14.1. The number of ketones is 2. The molecule has 16 heteroatoms. The Hall–Kier alpha value is -4.61. The van der Waals surface area contributed by atoms with Crippen molar-refractivity contribution in [3.8, 4) is 0 Å². The zero-order valence-electron chi connectivity index (χ0n) is 31.2. The number of nitrogens with zero attached hydrogens (tertiary/aromatic N) is 7. The van der Waals surface area contributed by atoms with Crippen molar-refractivity contribution in [2.24, 2.45) is 21.1 Å². The van der Waals surface area contributed by atoms with Gasteiger partial charge in [0, 0.05) is 50.8 Å². The number of aromatic nitrogens is 8. The molecular formula is C34H51IN8O7. The molecule has 0 aliphatic heterocycles. The summed E-state index contributed by atoms with van der Waals surface area (Å²) in [4.78, 5) is 65.2. The number of hydrogen-bond acceptors (Lipinski definition) is 11. The number of allylic oxidation sites excluding steroid dienone is 1. The molecule has 50 heavy (non-hydrogen) atoms. The number of aryl methyl sites for hydroxylation is 4. The quantitative estimate of drug-likeness (QED) is 0.0690. The van der Waals surface area contributed by atoms with Crippen LogP contribution in [-0.2, 0) is 35.4 Å². The largest absolute Gasteiger partial charge is 0.498 e. The molecule has 4 aromatic heterocycles. The van der Waals surface area contributed by atoms with E-state index in [-0.39, 0.29) is 29.9 Å². The number of ether oxygens (including phenoxy) is 3. The van der Waals surface area contributed by atoms with Crippen molar-refractivity contribution in [1.82, 2.24) is 38.6 Å². The number of carbonyl (C=O) groups excluding carboxylic acids is 4. The predicted molar refractivity (Wildman–Crippen MR) is 199 cm³/mol. The maximum atomic E-state index is 11.7. The van der Waals surface area contributed by atoms with E-state index < -0.39 is 0 Å². The van der Waals surface area contributed by atoms with Gasteiger partial charge in [-0.15, -0.1) is 0 Å². The van der Waals surface area contributed by atoms with E-state index >= 15 is 0 Å². The van der Waals surface area contributed by atoms with Crippen molar-refractivity contribution in [2.75, 3.05) is 24.8 Å². The third-order valence-corrected chi connectivity index (χ3v) is 6.77. The lowest BCUT2D eigenvalue weighted by Crippen LogP contribution is -2.07. The van der Waals surface area contributed by atoms with Crippen LogP contribution >= 0.6 is 22.6 Å². The molecule has 0 atom stereocenters. The Kier molecular flexibility index (Phi) is 21.5. The van der Waals surface area contributed by atoms with Crippen LogP contribution in [0, 0.1) is 27.7 Å². The lowest BCUT2D eigenvalue weighted by Gasteiger charge is -2.05. The molecule has 0 spiro atoms. The molecule has 4 aromatic rings. The molecule has 0 saturated heterocycles. The topological polar surface area (TPSA) is 178 Å². The van der Waals surface area contributed by atoms with Gasteiger partial charge in [-0.2, -0.15) is 0 Å². The Bertz CT molecular complexity index is 1680. The highest BCUT2D eigenvalue weighted by Crippen LogP contribution is 2.11. The molecule has 0 saturated carbocycles. The smallest absolute Gasteiger partial charge is 0.358 e. The Morgan fingerprint density at radius 1 is 0.680 bits per heavy atom. The average molecular weight is 811 g/mol. The second-order valence-electron chi connectivity index (χ2n) is 10.3. The summed E-state index contributed by atoms with van der Waals surface area (Å²) in [6, 6.07) is 0. The summed E-state index contributed by atoms with van der Waals surface area (Å²) in [7, 11) is 5.57. The summed E-state index contributed by atoms with van der Waals surface area (Å²) in [5.74, 6) is -0.251. The minimum atomic E-state index is -0.369. The summed E-state index contributed by atoms with van der Waals surface area (Å²) < 4.78 is 20.1. The molecule has 4 rings (SSSR count). The molecule has 0 aliphatic carbocycles. The van der Waals surface area contributed by atoms with Crippen molar-refractivity contribution in [1.29, 1.82) is 0 Å². The van der Waals surface area contributed by atoms with Crippen LogP contribution in [0.25, 0.3) is 0 Å². The van der Waals surface area contributed by atoms with Gasteiger partial charge in [-0.3, -0.25) is 9.59 Å². The summed E-state index contributed by atoms with van der Waals surface area (Å²) in [5.41, 5.74) is 5.20. The highest BCUT2D eigenvalue weighted by atomic mass is 127. The number of imidazole rings is 4. The first kappa shape index (κ1) is 45.4. The molecule has 1 N–H and O–H groups in total. The van der Waals surface area contributed by atoms with Crippen molar-refractivity contribution in [3.05, 3.63) is 83.2 Å². The van der Waals surface area contributed by atoms with E-state index in [4.69, 9.17) is 14.2 Å². The van der Waals surface area contributed by atoms with Gasteiger partial charge in [0.15, 0.2) is 23.0 Å². The van der Waals surface area contributed by atoms with Crippen LogP contribution in [0.15, 0.2) is 37.6 Å². The lowest BCUT2D eigenvalue weighted by atomic mass is 10.1. The average Bonchev–Trinajstić information content (AvgIpc) is 3.84. The summed E-state index contributed by atoms with van der Waals surface area (Å²) in [5, 5.41) is 0. The zero-order chi connectivity index (χ0) is 38.6. The number of H-pyrrole nitrogens is 1. The number of aromatic amines is 1. The zero-order valence-corrected chi connectivity index (χ0v) is 33.4. The molecule has 0 amide bonds. The number of halogens is 1. The fraction of sp³-hybridized carbons (Fsp3) is 0.471. The van der Waals surface area contributed by atoms with E-state index in [1.807, 2.05) is 62.9 Å². The number of nitrogens with one attached hydrogen (secondary N) is 1. The molecule has 0 bridgehead atoms. The van der Waals surface area contributed by atoms with Gasteiger partial charge in [-0.1, -0.05) is 29.2 Å². The van der Waals surface area contributed by atoms with Gasteiger partial charge in [0.1, 0.15) is 11.4 Å². The van der Waals surface area contributed by atoms with Gasteiger partial charge in [0.05, 0.1) is 57.3 Å². The van der Waals surface area contributed by atoms with Crippen LogP contribution in [0.3, 0.4) is 0 Å². The Balaban J connectivity index is 0.000000636. The summed E-state index contributed by atoms with van der Waals surface area (Å²) >= 11 is 2.15. The predicted octanol–water partition coefficient (Wildman–Crippen LogP) is 5.63. The maximum absolute atomic E-state index is 11.7. The standard InChI is InChI=1S/C11H16N2O2.C8H12N2O2.C7H10N2O2.C7H10N2O.CH3I/c1-5-15-8(2)6-10(14)11-9(3)13(4)7-12-11;1-4-12-8(11)7-6(2)10(3)5-9-7;1-3-11-7(10)6-5(2)8-4-9-6;1-5-7(6(2)10)8-4-9(5)3;1-2/h7H,2,5-6H2,1,3-4H3;5H,4H2,1-3H3;4H,3H2,1-2H3,(H,8,9);4H,1-3H3;1H3. The lowest BCUT2D eigenvalue weighted by molar-refractivity contribution is 0.0509. The number of hydrogen-bond donors (Lipinski definition) is 1. The number of carbonyl (C=O) groups is 4. The Morgan fingerprint density at radius 3 is 1.40 bits per heavy atom. The van der Waals surface area contributed by atoms with Crippen molar-refractivity contribution in [3.63, 3.8) is 0 Å². The molecule has 0 fully saturated rings. The van der Waals surface area contributed by atoms with Gasteiger partial charge < -0.3 is 32.9 Å². The van der Waals surface area contributed by atoms with Crippen LogP contribution in [0.5, 0.6) is 0 Å². The van der Waals surface area contributed by atoms with E-state index in [2.05, 4.69) is 54.1 Å². The third kappa shape index (κ3) is 14.5. The first-order chi connectivity index (χ1) is 23.6. The van der Waals surface area contributed by atoms with Gasteiger partial charge in [0.2, 0.25) is 0 Å². The third-order valence-electron chi connectivity index (χ3n) is 6.77. The first-order valence-electron chi connectivity index (χ1n) is 15.6. The highest BCUT2D eigenvalue weighted by Gasteiger charge is 2.15. The second-order valence-corrected chi connectivity index (χ2v) is 10.3. The van der Waals surface area contributed by atoms with E-state index in [9.17, 15) is 19.2 Å². The fourth-order valence-corrected chi connectivity index (χ4v) is 3.78.